The van der Waals surface area contributed by atoms with Gasteiger partial charge in [-0.25, -0.2) is 4.98 Å². The van der Waals surface area contributed by atoms with Crippen molar-refractivity contribution in [2.75, 3.05) is 18.0 Å². The summed E-state index contributed by atoms with van der Waals surface area (Å²) in [7, 11) is 0. The molecule has 0 aliphatic carbocycles. The van der Waals surface area contributed by atoms with E-state index >= 15 is 0 Å². The molecule has 0 radical (unpaired) electrons. The zero-order chi connectivity index (χ0) is 15.7. The molecule has 0 unspecified atom stereocenters. The second-order valence-corrected chi connectivity index (χ2v) is 8.19. The van der Waals surface area contributed by atoms with Crippen molar-refractivity contribution < 1.29 is 0 Å². The summed E-state index contributed by atoms with van der Waals surface area (Å²) < 4.78 is 0. The molecule has 2 nitrogen and oxygen atoms in total. The van der Waals surface area contributed by atoms with Crippen LogP contribution in [0.3, 0.4) is 0 Å². The minimum atomic E-state index is 0.131. The molecule has 118 valence electrons. The second kappa shape index (κ2) is 6.04. The number of anilines is 1. The first-order chi connectivity index (χ1) is 10.4. The van der Waals surface area contributed by atoms with Gasteiger partial charge in [-0.2, -0.15) is 0 Å². The Morgan fingerprint density at radius 2 is 1.82 bits per heavy atom. The van der Waals surface area contributed by atoms with E-state index in [1.165, 1.54) is 54.2 Å². The number of nitrogens with zero attached hydrogens (tertiary/aromatic N) is 2. The maximum Gasteiger partial charge on any atom is 0.0986 e. The quantitative estimate of drug-likeness (QED) is 0.737. The molecule has 3 heteroatoms. The van der Waals surface area contributed by atoms with Gasteiger partial charge >= 0.3 is 0 Å². The van der Waals surface area contributed by atoms with Crippen LogP contribution in [0.25, 0.3) is 11.3 Å². The van der Waals surface area contributed by atoms with Crippen molar-refractivity contribution in [3.8, 4) is 11.3 Å². The van der Waals surface area contributed by atoms with Gasteiger partial charge in [0, 0.05) is 35.1 Å². The smallest absolute Gasteiger partial charge is 0.0986 e. The normalized spacial score (nSPS) is 16.1. The van der Waals surface area contributed by atoms with Gasteiger partial charge in [-0.3, -0.25) is 0 Å². The first-order valence-electron chi connectivity index (χ1n) is 8.27. The Bertz CT molecular complexity index is 646. The molecule has 1 aliphatic rings. The molecule has 1 aromatic heterocycles. The van der Waals surface area contributed by atoms with Crippen molar-refractivity contribution in [1.29, 1.82) is 0 Å². The van der Waals surface area contributed by atoms with Crippen LogP contribution in [0.2, 0.25) is 0 Å². The fourth-order valence-corrected chi connectivity index (χ4v) is 3.97. The summed E-state index contributed by atoms with van der Waals surface area (Å²) in [5.41, 5.74) is 5.25. The van der Waals surface area contributed by atoms with Crippen LogP contribution in [0.1, 0.15) is 50.6 Å². The van der Waals surface area contributed by atoms with Gasteiger partial charge in [0.05, 0.1) is 10.7 Å². The van der Waals surface area contributed by atoms with E-state index in [1.54, 1.807) is 11.3 Å². The molecule has 0 saturated carbocycles. The predicted octanol–water partition coefficient (Wildman–Crippen LogP) is 5.41. The monoisotopic (exact) mass is 314 g/mol. The summed E-state index contributed by atoms with van der Waals surface area (Å²) in [5, 5.41) is 3.40. The van der Waals surface area contributed by atoms with Crippen molar-refractivity contribution in [2.45, 2.75) is 52.4 Å². The van der Waals surface area contributed by atoms with Gasteiger partial charge in [0.2, 0.25) is 0 Å². The lowest BCUT2D eigenvalue weighted by atomic mass is 9.98. The lowest BCUT2D eigenvalue weighted by Crippen LogP contribution is -2.29. The van der Waals surface area contributed by atoms with E-state index in [-0.39, 0.29) is 5.41 Å². The minimum absolute atomic E-state index is 0.131. The van der Waals surface area contributed by atoms with Crippen LogP contribution in [-0.2, 0) is 5.41 Å². The average Bonchev–Trinajstić information content (AvgIpc) is 2.98. The molecule has 0 bridgehead atoms. The van der Waals surface area contributed by atoms with Gasteiger partial charge < -0.3 is 4.90 Å². The second-order valence-electron chi connectivity index (χ2n) is 7.34. The molecule has 1 fully saturated rings. The van der Waals surface area contributed by atoms with E-state index in [4.69, 9.17) is 4.98 Å². The Labute approximate surface area is 138 Å². The van der Waals surface area contributed by atoms with Crippen LogP contribution in [0, 0.1) is 6.92 Å². The third-order valence-electron chi connectivity index (χ3n) is 4.34. The Hall–Kier alpha value is -1.35. The number of aryl methyl sites for hydroxylation is 1. The largest absolute Gasteiger partial charge is 0.371 e. The van der Waals surface area contributed by atoms with Gasteiger partial charge in [0.25, 0.3) is 0 Å². The molecular weight excluding hydrogens is 288 g/mol. The number of hydrogen-bond donors (Lipinski definition) is 0. The van der Waals surface area contributed by atoms with E-state index in [0.717, 1.165) is 5.69 Å². The fraction of sp³-hybridized carbons (Fsp3) is 0.526. The Balaban J connectivity index is 1.86. The first-order valence-corrected chi connectivity index (χ1v) is 9.15. The van der Waals surface area contributed by atoms with Crippen LogP contribution < -0.4 is 4.90 Å². The van der Waals surface area contributed by atoms with Gasteiger partial charge in [-0.05, 0) is 43.9 Å². The van der Waals surface area contributed by atoms with Gasteiger partial charge in [-0.15, -0.1) is 11.3 Å². The summed E-state index contributed by atoms with van der Waals surface area (Å²) in [5.74, 6) is 0. The third kappa shape index (κ3) is 3.19. The summed E-state index contributed by atoms with van der Waals surface area (Å²) in [6.07, 6.45) is 4.02. The van der Waals surface area contributed by atoms with Crippen molar-refractivity contribution in [3.05, 3.63) is 34.2 Å². The Morgan fingerprint density at radius 3 is 2.41 bits per heavy atom. The topological polar surface area (TPSA) is 16.1 Å². The zero-order valence-corrected chi connectivity index (χ0v) is 15.0. The van der Waals surface area contributed by atoms with Crippen molar-refractivity contribution >= 4 is 17.0 Å². The number of piperidine rings is 1. The number of aromatic nitrogens is 1. The van der Waals surface area contributed by atoms with Gasteiger partial charge in [0.1, 0.15) is 0 Å². The van der Waals surface area contributed by atoms with Crippen LogP contribution in [0.4, 0.5) is 5.69 Å². The Kier molecular flexibility index (Phi) is 4.26. The Morgan fingerprint density at radius 1 is 1.09 bits per heavy atom. The number of thiazole rings is 1. The summed E-state index contributed by atoms with van der Waals surface area (Å²) in [6.45, 7) is 11.3. The van der Waals surface area contributed by atoms with E-state index < -0.39 is 0 Å². The maximum absolute atomic E-state index is 4.84. The predicted molar refractivity (Wildman–Crippen MR) is 97.1 cm³/mol. The van der Waals surface area contributed by atoms with Crippen LogP contribution in [0.5, 0.6) is 0 Å². The van der Waals surface area contributed by atoms with Crippen molar-refractivity contribution in [2.24, 2.45) is 0 Å². The fourth-order valence-electron chi connectivity index (χ4n) is 3.06. The van der Waals surface area contributed by atoms with Crippen LogP contribution >= 0.6 is 11.3 Å². The highest BCUT2D eigenvalue weighted by Gasteiger charge is 2.19. The minimum Gasteiger partial charge on any atom is -0.371 e. The van der Waals surface area contributed by atoms with E-state index in [1.807, 2.05) is 0 Å². The molecule has 3 rings (SSSR count). The summed E-state index contributed by atoms with van der Waals surface area (Å²) in [6, 6.07) is 6.82. The zero-order valence-electron chi connectivity index (χ0n) is 14.1. The molecule has 1 aromatic carbocycles. The molecule has 2 heterocycles. The molecule has 1 aliphatic heterocycles. The van der Waals surface area contributed by atoms with E-state index in [2.05, 4.69) is 56.2 Å². The SMILES string of the molecule is Cc1cc(-c2csc(C(C)(C)C)n2)ccc1N1CCCCC1. The van der Waals surface area contributed by atoms with Crippen molar-refractivity contribution in [1.82, 2.24) is 4.98 Å². The molecule has 22 heavy (non-hydrogen) atoms. The number of rotatable bonds is 2. The average molecular weight is 314 g/mol. The summed E-state index contributed by atoms with van der Waals surface area (Å²) >= 11 is 1.77. The number of benzene rings is 1. The highest BCUT2D eigenvalue weighted by molar-refractivity contribution is 7.10. The first kappa shape index (κ1) is 15.5. The summed E-state index contributed by atoms with van der Waals surface area (Å²) in [4.78, 5) is 7.37. The molecule has 0 N–H and O–H groups in total. The van der Waals surface area contributed by atoms with E-state index in [0.29, 0.717) is 0 Å². The molecular formula is C19H26N2S. The highest BCUT2D eigenvalue weighted by atomic mass is 32.1. The molecule has 0 amide bonds. The number of hydrogen-bond acceptors (Lipinski definition) is 3. The van der Waals surface area contributed by atoms with Gasteiger partial charge in [0.15, 0.2) is 0 Å². The van der Waals surface area contributed by atoms with Gasteiger partial charge in [-0.1, -0.05) is 26.8 Å². The lowest BCUT2D eigenvalue weighted by molar-refractivity contribution is 0.577. The molecule has 0 spiro atoms. The van der Waals surface area contributed by atoms with Crippen LogP contribution in [0.15, 0.2) is 23.6 Å². The van der Waals surface area contributed by atoms with E-state index in [9.17, 15) is 0 Å². The third-order valence-corrected chi connectivity index (χ3v) is 5.60. The van der Waals surface area contributed by atoms with Crippen LogP contribution in [-0.4, -0.2) is 18.1 Å². The standard InChI is InChI=1S/C19H26N2S/c1-14-12-15(16-13-22-18(20-16)19(2,3)4)8-9-17(14)21-10-6-5-7-11-21/h8-9,12-13H,5-7,10-11H2,1-4H3. The lowest BCUT2D eigenvalue weighted by Gasteiger charge is -2.30. The molecule has 1 saturated heterocycles. The molecule has 0 atom stereocenters. The highest BCUT2D eigenvalue weighted by Crippen LogP contribution is 2.32. The maximum atomic E-state index is 4.84. The van der Waals surface area contributed by atoms with Crippen molar-refractivity contribution in [3.63, 3.8) is 0 Å². The molecule has 2 aromatic rings.